The Morgan fingerprint density at radius 3 is 2.93 bits per heavy atom. The minimum absolute atomic E-state index is 0.241. The number of hydrogen-bond donors (Lipinski definition) is 3. The summed E-state index contributed by atoms with van der Waals surface area (Å²) in [4.78, 5) is 13.0. The minimum atomic E-state index is -0.552. The second kappa shape index (κ2) is 4.10. The number of carbonyl (C=O) groups is 1. The number of hydrogen-bond acceptors (Lipinski definition) is 4. The standard InChI is InChI=1S/C8H14N4O2/c1-5(13)4-12(2)8(14)6-3-7(9)11-10-6/h3,5,13H,4H2,1-2H3,(H3,9,10,11). The average Bonchev–Trinajstić information content (AvgIpc) is 2.49. The molecule has 0 bridgehead atoms. The van der Waals surface area contributed by atoms with Gasteiger partial charge in [0.25, 0.3) is 5.91 Å². The van der Waals surface area contributed by atoms with Gasteiger partial charge in [-0.3, -0.25) is 9.89 Å². The lowest BCUT2D eigenvalue weighted by Gasteiger charge is -2.17. The first-order valence-corrected chi connectivity index (χ1v) is 4.25. The summed E-state index contributed by atoms with van der Waals surface area (Å²) in [5.41, 5.74) is 5.68. The third-order valence-electron chi connectivity index (χ3n) is 1.71. The Hall–Kier alpha value is -1.56. The molecule has 0 spiro atoms. The third kappa shape index (κ3) is 2.46. The van der Waals surface area contributed by atoms with Crippen molar-refractivity contribution in [2.75, 3.05) is 19.3 Å². The smallest absolute Gasteiger partial charge is 0.271 e. The van der Waals surface area contributed by atoms with Crippen molar-refractivity contribution in [3.8, 4) is 0 Å². The second-order valence-corrected chi connectivity index (χ2v) is 3.24. The topological polar surface area (TPSA) is 95.2 Å². The largest absolute Gasteiger partial charge is 0.392 e. The van der Waals surface area contributed by atoms with Gasteiger partial charge in [-0.25, -0.2) is 0 Å². The fourth-order valence-electron chi connectivity index (χ4n) is 1.13. The molecule has 78 valence electrons. The van der Waals surface area contributed by atoms with E-state index in [1.807, 2.05) is 0 Å². The Morgan fingerprint density at radius 2 is 2.50 bits per heavy atom. The Bertz CT molecular complexity index is 321. The fourth-order valence-corrected chi connectivity index (χ4v) is 1.13. The van der Waals surface area contributed by atoms with Crippen LogP contribution in [0.25, 0.3) is 0 Å². The zero-order valence-electron chi connectivity index (χ0n) is 8.19. The molecule has 4 N–H and O–H groups in total. The minimum Gasteiger partial charge on any atom is -0.392 e. The Kier molecular flexibility index (Phi) is 3.08. The van der Waals surface area contributed by atoms with Crippen LogP contribution >= 0.6 is 0 Å². The van der Waals surface area contributed by atoms with E-state index in [9.17, 15) is 4.79 Å². The van der Waals surface area contributed by atoms with E-state index in [2.05, 4.69) is 10.2 Å². The van der Waals surface area contributed by atoms with Gasteiger partial charge in [0.2, 0.25) is 0 Å². The van der Waals surface area contributed by atoms with Gasteiger partial charge >= 0.3 is 0 Å². The van der Waals surface area contributed by atoms with E-state index >= 15 is 0 Å². The molecule has 6 nitrogen and oxygen atoms in total. The molecule has 0 aliphatic carbocycles. The van der Waals surface area contributed by atoms with Crippen molar-refractivity contribution in [1.29, 1.82) is 0 Å². The Balaban J connectivity index is 2.65. The van der Waals surface area contributed by atoms with Crippen LogP contribution in [-0.4, -0.2) is 45.8 Å². The highest BCUT2D eigenvalue weighted by Crippen LogP contribution is 2.04. The number of likely N-dealkylation sites (N-methyl/N-ethyl adjacent to an activating group) is 1. The first kappa shape index (κ1) is 10.5. The lowest BCUT2D eigenvalue weighted by Crippen LogP contribution is -2.33. The maximum Gasteiger partial charge on any atom is 0.271 e. The summed E-state index contributed by atoms with van der Waals surface area (Å²) in [6.07, 6.45) is -0.552. The number of amides is 1. The summed E-state index contributed by atoms with van der Waals surface area (Å²) >= 11 is 0. The number of anilines is 1. The van der Waals surface area contributed by atoms with E-state index in [-0.39, 0.29) is 18.3 Å². The molecule has 1 amide bonds. The van der Waals surface area contributed by atoms with Crippen molar-refractivity contribution >= 4 is 11.7 Å². The molecule has 6 heteroatoms. The van der Waals surface area contributed by atoms with Crippen LogP contribution in [0.5, 0.6) is 0 Å². The van der Waals surface area contributed by atoms with Gasteiger partial charge in [-0.15, -0.1) is 0 Å². The number of nitrogens with two attached hydrogens (primary N) is 1. The number of aromatic amines is 1. The summed E-state index contributed by atoms with van der Waals surface area (Å²) in [5.74, 6) is 0.0360. The van der Waals surface area contributed by atoms with Crippen LogP contribution in [0.3, 0.4) is 0 Å². The van der Waals surface area contributed by atoms with Crippen molar-refractivity contribution in [3.63, 3.8) is 0 Å². The average molecular weight is 198 g/mol. The molecular formula is C8H14N4O2. The highest BCUT2D eigenvalue weighted by molar-refractivity contribution is 5.92. The first-order valence-electron chi connectivity index (χ1n) is 4.25. The molecule has 0 radical (unpaired) electrons. The molecule has 0 aliphatic rings. The van der Waals surface area contributed by atoms with Crippen LogP contribution in [0.15, 0.2) is 6.07 Å². The molecule has 0 aliphatic heterocycles. The van der Waals surface area contributed by atoms with E-state index < -0.39 is 6.10 Å². The van der Waals surface area contributed by atoms with Crippen molar-refractivity contribution in [2.45, 2.75) is 13.0 Å². The molecular weight excluding hydrogens is 184 g/mol. The van der Waals surface area contributed by atoms with E-state index in [1.54, 1.807) is 14.0 Å². The molecule has 1 atom stereocenters. The monoisotopic (exact) mass is 198 g/mol. The maximum absolute atomic E-state index is 11.6. The van der Waals surface area contributed by atoms with E-state index in [0.29, 0.717) is 5.69 Å². The van der Waals surface area contributed by atoms with Gasteiger partial charge in [-0.1, -0.05) is 0 Å². The van der Waals surface area contributed by atoms with E-state index in [1.165, 1.54) is 11.0 Å². The first-order chi connectivity index (χ1) is 6.50. The number of nitrogens with one attached hydrogen (secondary N) is 1. The van der Waals surface area contributed by atoms with Gasteiger partial charge in [0.1, 0.15) is 11.5 Å². The number of rotatable bonds is 3. The zero-order chi connectivity index (χ0) is 10.7. The number of H-pyrrole nitrogens is 1. The van der Waals surface area contributed by atoms with Crippen LogP contribution < -0.4 is 5.73 Å². The highest BCUT2D eigenvalue weighted by Gasteiger charge is 2.15. The quantitative estimate of drug-likeness (QED) is 0.607. The number of nitrogens with zero attached hydrogens (tertiary/aromatic N) is 2. The second-order valence-electron chi connectivity index (χ2n) is 3.24. The summed E-state index contributed by atoms with van der Waals surface area (Å²) in [5, 5.41) is 15.2. The molecule has 0 saturated carbocycles. The van der Waals surface area contributed by atoms with Crippen molar-refractivity contribution in [3.05, 3.63) is 11.8 Å². The molecule has 1 aromatic rings. The normalized spacial score (nSPS) is 12.5. The van der Waals surface area contributed by atoms with Gasteiger partial charge in [-0.2, -0.15) is 5.10 Å². The van der Waals surface area contributed by atoms with Crippen molar-refractivity contribution in [1.82, 2.24) is 15.1 Å². The maximum atomic E-state index is 11.6. The molecule has 0 fully saturated rings. The third-order valence-corrected chi connectivity index (χ3v) is 1.71. The molecule has 0 saturated heterocycles. The van der Waals surface area contributed by atoms with Gasteiger partial charge in [0.15, 0.2) is 0 Å². The van der Waals surface area contributed by atoms with E-state index in [4.69, 9.17) is 10.8 Å². The predicted octanol–water partition coefficient (Wildman–Crippen LogP) is -0.555. The summed E-state index contributed by atoms with van der Waals surface area (Å²) in [6, 6.07) is 1.46. The van der Waals surface area contributed by atoms with Crippen LogP contribution in [0.4, 0.5) is 5.82 Å². The van der Waals surface area contributed by atoms with E-state index in [0.717, 1.165) is 0 Å². The number of nitrogen functional groups attached to an aromatic ring is 1. The molecule has 0 aromatic carbocycles. The number of aliphatic hydroxyl groups excluding tert-OH is 1. The highest BCUT2D eigenvalue weighted by atomic mass is 16.3. The SMILES string of the molecule is CC(O)CN(C)C(=O)c1cc(N)n[nH]1. The zero-order valence-corrected chi connectivity index (χ0v) is 8.19. The van der Waals surface area contributed by atoms with Crippen molar-refractivity contribution in [2.24, 2.45) is 0 Å². The van der Waals surface area contributed by atoms with Crippen molar-refractivity contribution < 1.29 is 9.90 Å². The van der Waals surface area contributed by atoms with Crippen LogP contribution in [0, 0.1) is 0 Å². The fraction of sp³-hybridized carbons (Fsp3) is 0.500. The molecule has 14 heavy (non-hydrogen) atoms. The summed E-state index contributed by atoms with van der Waals surface area (Å²) < 4.78 is 0. The van der Waals surface area contributed by atoms with Gasteiger partial charge in [-0.05, 0) is 6.92 Å². The molecule has 1 heterocycles. The summed E-state index contributed by atoms with van der Waals surface area (Å²) in [7, 11) is 1.60. The number of aliphatic hydroxyl groups is 1. The lowest BCUT2D eigenvalue weighted by molar-refractivity contribution is 0.0698. The Labute approximate surface area is 81.7 Å². The van der Waals surface area contributed by atoms with Crippen LogP contribution in [0.2, 0.25) is 0 Å². The van der Waals surface area contributed by atoms with Crippen LogP contribution in [0.1, 0.15) is 17.4 Å². The van der Waals surface area contributed by atoms with Crippen LogP contribution in [-0.2, 0) is 0 Å². The Morgan fingerprint density at radius 1 is 1.86 bits per heavy atom. The van der Waals surface area contributed by atoms with Gasteiger partial charge in [0.05, 0.1) is 6.10 Å². The molecule has 1 unspecified atom stereocenters. The summed E-state index contributed by atoms with van der Waals surface area (Å²) in [6.45, 7) is 1.89. The predicted molar refractivity (Wildman–Crippen MR) is 51.6 cm³/mol. The molecule has 1 aromatic heterocycles. The van der Waals surface area contributed by atoms with Gasteiger partial charge in [0, 0.05) is 19.7 Å². The number of carbonyl (C=O) groups excluding carboxylic acids is 1. The van der Waals surface area contributed by atoms with Gasteiger partial charge < -0.3 is 15.7 Å². The molecule has 1 rings (SSSR count). The number of aromatic nitrogens is 2. The lowest BCUT2D eigenvalue weighted by atomic mass is 10.3.